The number of nitrogens with one attached hydrogen (secondary N) is 1. The molecule has 21 heavy (non-hydrogen) atoms. The smallest absolute Gasteiger partial charge is 0.0731 e. The van der Waals surface area contributed by atoms with E-state index < -0.39 is 0 Å². The Morgan fingerprint density at radius 3 is 2.62 bits per heavy atom. The highest BCUT2D eigenvalue weighted by molar-refractivity contribution is 5.95. The minimum absolute atomic E-state index is 1.06. The molecule has 0 saturated carbocycles. The largest absolute Gasteiger partial charge is 0.368 e. The van der Waals surface area contributed by atoms with Gasteiger partial charge in [-0.1, -0.05) is 19.4 Å². The van der Waals surface area contributed by atoms with Crippen LogP contribution in [0.4, 0.5) is 5.69 Å². The van der Waals surface area contributed by atoms with E-state index in [-0.39, 0.29) is 0 Å². The Labute approximate surface area is 127 Å². The van der Waals surface area contributed by atoms with Crippen LogP contribution in [0.2, 0.25) is 0 Å². The molecule has 2 heterocycles. The Morgan fingerprint density at radius 1 is 1.14 bits per heavy atom. The Bertz CT molecular complexity index is 642. The lowest BCUT2D eigenvalue weighted by molar-refractivity contribution is 0.590. The van der Waals surface area contributed by atoms with Crippen molar-refractivity contribution in [3.05, 3.63) is 35.0 Å². The molecule has 0 aliphatic carbocycles. The van der Waals surface area contributed by atoms with Crippen LogP contribution in [-0.2, 0) is 6.42 Å². The summed E-state index contributed by atoms with van der Waals surface area (Å²) in [4.78, 5) is 7.42. The fraction of sp³-hybridized carbons (Fsp3) is 0.500. The van der Waals surface area contributed by atoms with Crippen molar-refractivity contribution in [1.82, 2.24) is 10.3 Å². The average molecular weight is 283 g/mol. The van der Waals surface area contributed by atoms with Gasteiger partial charge in [-0.15, -0.1) is 0 Å². The number of aryl methyl sites for hydroxylation is 3. The molecule has 1 saturated heterocycles. The molecule has 2 aromatic rings. The summed E-state index contributed by atoms with van der Waals surface area (Å²) in [6.45, 7) is 10.9. The van der Waals surface area contributed by atoms with E-state index in [2.05, 4.69) is 49.2 Å². The topological polar surface area (TPSA) is 28.2 Å². The monoisotopic (exact) mass is 283 g/mol. The van der Waals surface area contributed by atoms with Gasteiger partial charge < -0.3 is 10.2 Å². The molecule has 3 nitrogen and oxygen atoms in total. The Morgan fingerprint density at radius 2 is 1.90 bits per heavy atom. The lowest BCUT2D eigenvalue weighted by atomic mass is 10.0. The number of anilines is 1. The highest BCUT2D eigenvalue weighted by Gasteiger charge is 2.16. The summed E-state index contributed by atoms with van der Waals surface area (Å²) in [6.07, 6.45) is 2.20. The second-order valence-electron chi connectivity index (χ2n) is 6.10. The summed E-state index contributed by atoms with van der Waals surface area (Å²) in [7, 11) is 0. The van der Waals surface area contributed by atoms with E-state index in [1.54, 1.807) is 0 Å². The number of benzene rings is 1. The number of nitrogens with zero attached hydrogens (tertiary/aromatic N) is 2. The second kappa shape index (κ2) is 6.02. The van der Waals surface area contributed by atoms with Gasteiger partial charge in [-0.05, 0) is 43.5 Å². The van der Waals surface area contributed by atoms with Crippen molar-refractivity contribution in [2.75, 3.05) is 31.1 Å². The van der Waals surface area contributed by atoms with Crippen LogP contribution in [-0.4, -0.2) is 31.2 Å². The molecule has 1 aromatic carbocycles. The summed E-state index contributed by atoms with van der Waals surface area (Å²) in [5.41, 5.74) is 6.40. The maximum Gasteiger partial charge on any atom is 0.0731 e. The highest BCUT2D eigenvalue weighted by Crippen LogP contribution is 2.31. The van der Waals surface area contributed by atoms with Crippen LogP contribution in [0.25, 0.3) is 10.9 Å². The van der Waals surface area contributed by atoms with Crippen molar-refractivity contribution in [1.29, 1.82) is 0 Å². The van der Waals surface area contributed by atoms with E-state index in [0.29, 0.717) is 0 Å². The minimum atomic E-state index is 1.06. The second-order valence-corrected chi connectivity index (χ2v) is 6.10. The first kappa shape index (κ1) is 14.3. The average Bonchev–Trinajstić information content (AvgIpc) is 2.47. The quantitative estimate of drug-likeness (QED) is 0.937. The van der Waals surface area contributed by atoms with E-state index in [4.69, 9.17) is 4.98 Å². The zero-order chi connectivity index (χ0) is 14.8. The highest BCUT2D eigenvalue weighted by atomic mass is 15.2. The zero-order valence-electron chi connectivity index (χ0n) is 13.4. The molecule has 0 amide bonds. The van der Waals surface area contributed by atoms with Crippen LogP contribution in [0.3, 0.4) is 0 Å². The maximum atomic E-state index is 4.90. The normalized spacial score (nSPS) is 15.7. The fourth-order valence-electron chi connectivity index (χ4n) is 3.32. The summed E-state index contributed by atoms with van der Waals surface area (Å²) in [5, 5.41) is 4.77. The van der Waals surface area contributed by atoms with Crippen molar-refractivity contribution in [3.8, 4) is 0 Å². The van der Waals surface area contributed by atoms with Gasteiger partial charge in [0.2, 0.25) is 0 Å². The van der Waals surface area contributed by atoms with Crippen molar-refractivity contribution in [2.24, 2.45) is 0 Å². The van der Waals surface area contributed by atoms with Gasteiger partial charge in [0.15, 0.2) is 0 Å². The number of hydrogen-bond acceptors (Lipinski definition) is 3. The van der Waals surface area contributed by atoms with Gasteiger partial charge in [0.05, 0.1) is 5.52 Å². The summed E-state index contributed by atoms with van der Waals surface area (Å²) < 4.78 is 0. The van der Waals surface area contributed by atoms with E-state index >= 15 is 0 Å². The molecule has 3 rings (SSSR count). The fourth-order valence-corrected chi connectivity index (χ4v) is 3.32. The number of hydrogen-bond donors (Lipinski definition) is 1. The Balaban J connectivity index is 2.18. The van der Waals surface area contributed by atoms with Crippen LogP contribution in [0.15, 0.2) is 18.2 Å². The molecule has 0 atom stereocenters. The van der Waals surface area contributed by atoms with E-state index in [1.807, 2.05) is 0 Å². The number of pyridine rings is 1. The predicted octanol–water partition coefficient (Wildman–Crippen LogP) is 3.21. The standard InChI is InChI=1S/C18H25N3/c1-4-5-15-12-17(21-8-6-19-7-9-21)18-14(3)10-13(2)11-16(18)20-15/h10-12,19H,4-9H2,1-3H3. The number of fused-ring (bicyclic) bond motifs is 1. The predicted molar refractivity (Wildman–Crippen MR) is 90.3 cm³/mol. The number of piperazine rings is 1. The molecule has 112 valence electrons. The molecule has 1 aliphatic rings. The minimum Gasteiger partial charge on any atom is -0.368 e. The molecule has 1 N–H and O–H groups in total. The van der Waals surface area contributed by atoms with Crippen LogP contribution in [0, 0.1) is 13.8 Å². The summed E-state index contributed by atoms with van der Waals surface area (Å²) in [5.74, 6) is 0. The van der Waals surface area contributed by atoms with E-state index in [9.17, 15) is 0 Å². The zero-order valence-corrected chi connectivity index (χ0v) is 13.4. The molecule has 0 spiro atoms. The first-order valence-electron chi connectivity index (χ1n) is 8.05. The van der Waals surface area contributed by atoms with Crippen LogP contribution >= 0.6 is 0 Å². The van der Waals surface area contributed by atoms with Crippen LogP contribution in [0.1, 0.15) is 30.2 Å². The molecule has 0 bridgehead atoms. The molecule has 0 radical (unpaired) electrons. The van der Waals surface area contributed by atoms with E-state index in [0.717, 1.165) is 44.5 Å². The van der Waals surface area contributed by atoms with E-state index in [1.165, 1.54) is 27.9 Å². The van der Waals surface area contributed by atoms with Crippen molar-refractivity contribution in [3.63, 3.8) is 0 Å². The third-order valence-corrected chi connectivity index (χ3v) is 4.25. The third-order valence-electron chi connectivity index (χ3n) is 4.25. The first-order chi connectivity index (χ1) is 10.2. The van der Waals surface area contributed by atoms with Gasteiger partial charge in [-0.25, -0.2) is 0 Å². The Kier molecular flexibility index (Phi) is 4.11. The Hall–Kier alpha value is -1.61. The van der Waals surface area contributed by atoms with Crippen LogP contribution < -0.4 is 10.2 Å². The molecule has 1 aromatic heterocycles. The molecular formula is C18H25N3. The molecular weight excluding hydrogens is 258 g/mol. The van der Waals surface area contributed by atoms with Crippen molar-refractivity contribution < 1.29 is 0 Å². The number of rotatable bonds is 3. The lowest BCUT2D eigenvalue weighted by Gasteiger charge is -2.31. The maximum absolute atomic E-state index is 4.90. The molecule has 1 fully saturated rings. The van der Waals surface area contributed by atoms with Crippen LogP contribution in [0.5, 0.6) is 0 Å². The lowest BCUT2D eigenvalue weighted by Crippen LogP contribution is -2.43. The van der Waals surface area contributed by atoms with Gasteiger partial charge in [0, 0.05) is 42.9 Å². The third kappa shape index (κ3) is 2.88. The number of aromatic nitrogens is 1. The summed E-state index contributed by atoms with van der Waals surface area (Å²) in [6, 6.07) is 6.82. The first-order valence-corrected chi connectivity index (χ1v) is 8.05. The van der Waals surface area contributed by atoms with Crippen molar-refractivity contribution >= 4 is 16.6 Å². The summed E-state index contributed by atoms with van der Waals surface area (Å²) >= 11 is 0. The van der Waals surface area contributed by atoms with Gasteiger partial charge in [-0.3, -0.25) is 4.98 Å². The van der Waals surface area contributed by atoms with Gasteiger partial charge in [0.25, 0.3) is 0 Å². The molecule has 3 heteroatoms. The van der Waals surface area contributed by atoms with Crippen molar-refractivity contribution in [2.45, 2.75) is 33.6 Å². The molecule has 1 aliphatic heterocycles. The van der Waals surface area contributed by atoms with Gasteiger partial charge >= 0.3 is 0 Å². The molecule has 0 unspecified atom stereocenters. The van der Waals surface area contributed by atoms with Gasteiger partial charge in [-0.2, -0.15) is 0 Å². The SMILES string of the molecule is CCCc1cc(N2CCNCC2)c2c(C)cc(C)cc2n1. The van der Waals surface area contributed by atoms with Gasteiger partial charge in [0.1, 0.15) is 0 Å².